The predicted molar refractivity (Wildman–Crippen MR) is 77.0 cm³/mol. The van der Waals surface area contributed by atoms with Gasteiger partial charge in [0, 0.05) is 26.3 Å². The minimum Gasteiger partial charge on any atom is -0.388 e. The van der Waals surface area contributed by atoms with Crippen molar-refractivity contribution in [2.45, 2.75) is 32.0 Å². The van der Waals surface area contributed by atoms with E-state index in [2.05, 4.69) is 11.8 Å². The number of likely N-dealkylation sites (tertiary alicyclic amines) is 1. The molecule has 3 unspecified atom stereocenters. The topological polar surface area (TPSA) is 32.7 Å². The van der Waals surface area contributed by atoms with Crippen molar-refractivity contribution in [1.82, 2.24) is 4.90 Å². The van der Waals surface area contributed by atoms with Gasteiger partial charge in [0.1, 0.15) is 11.6 Å². The van der Waals surface area contributed by atoms with Crippen molar-refractivity contribution >= 4 is 0 Å². The molecule has 3 nitrogen and oxygen atoms in total. The molecule has 1 saturated heterocycles. The summed E-state index contributed by atoms with van der Waals surface area (Å²) in [6, 6.07) is 3.18. The van der Waals surface area contributed by atoms with Gasteiger partial charge < -0.3 is 14.7 Å². The zero-order valence-electron chi connectivity index (χ0n) is 12.6. The average Bonchev–Trinajstić information content (AvgIpc) is 2.45. The molecule has 0 amide bonds. The molecule has 0 bridgehead atoms. The maximum Gasteiger partial charge on any atom is 0.126 e. The van der Waals surface area contributed by atoms with E-state index in [-0.39, 0.29) is 6.10 Å². The van der Waals surface area contributed by atoms with Gasteiger partial charge in [-0.25, -0.2) is 8.78 Å². The second-order valence-electron chi connectivity index (χ2n) is 5.85. The molecule has 21 heavy (non-hydrogen) atoms. The summed E-state index contributed by atoms with van der Waals surface area (Å²) >= 11 is 0. The largest absolute Gasteiger partial charge is 0.388 e. The van der Waals surface area contributed by atoms with Crippen LogP contribution in [0.5, 0.6) is 0 Å². The Kier molecular flexibility index (Phi) is 5.67. The SMILES string of the molecule is COC1CN(CCC(O)c2cc(F)cc(F)c2)CCC1C. The van der Waals surface area contributed by atoms with Crippen LogP contribution in [0.1, 0.15) is 31.4 Å². The van der Waals surface area contributed by atoms with Crippen molar-refractivity contribution in [2.75, 3.05) is 26.7 Å². The second-order valence-corrected chi connectivity index (χ2v) is 5.85. The van der Waals surface area contributed by atoms with E-state index in [9.17, 15) is 13.9 Å². The zero-order valence-corrected chi connectivity index (χ0v) is 12.6. The highest BCUT2D eigenvalue weighted by Gasteiger charge is 2.26. The Morgan fingerprint density at radius 2 is 2.00 bits per heavy atom. The van der Waals surface area contributed by atoms with Gasteiger partial charge in [0.15, 0.2) is 0 Å². The molecule has 1 aromatic rings. The third-order valence-electron chi connectivity index (χ3n) is 4.26. The molecule has 5 heteroatoms. The van der Waals surface area contributed by atoms with Gasteiger partial charge >= 0.3 is 0 Å². The van der Waals surface area contributed by atoms with Gasteiger partial charge in [0.25, 0.3) is 0 Å². The van der Waals surface area contributed by atoms with Gasteiger partial charge in [-0.3, -0.25) is 0 Å². The number of aliphatic hydroxyl groups excluding tert-OH is 1. The first kappa shape index (κ1) is 16.3. The van der Waals surface area contributed by atoms with E-state index in [1.165, 1.54) is 12.1 Å². The first-order valence-corrected chi connectivity index (χ1v) is 7.38. The van der Waals surface area contributed by atoms with Crippen LogP contribution in [0.2, 0.25) is 0 Å². The Labute approximate surface area is 124 Å². The summed E-state index contributed by atoms with van der Waals surface area (Å²) in [4.78, 5) is 2.23. The molecule has 0 saturated carbocycles. The number of benzene rings is 1. The first-order valence-electron chi connectivity index (χ1n) is 7.38. The van der Waals surface area contributed by atoms with Gasteiger partial charge in [-0.05, 0) is 43.0 Å². The number of piperidine rings is 1. The highest BCUT2D eigenvalue weighted by Crippen LogP contribution is 2.23. The van der Waals surface area contributed by atoms with Crippen molar-refractivity contribution < 1.29 is 18.6 Å². The normalized spacial score (nSPS) is 25.0. The molecular weight excluding hydrogens is 276 g/mol. The smallest absolute Gasteiger partial charge is 0.126 e. The molecule has 1 aliphatic rings. The number of methoxy groups -OCH3 is 1. The quantitative estimate of drug-likeness (QED) is 0.907. The first-order chi connectivity index (χ1) is 9.99. The molecule has 1 fully saturated rings. The lowest BCUT2D eigenvalue weighted by Gasteiger charge is -2.36. The van der Waals surface area contributed by atoms with Crippen LogP contribution in [-0.2, 0) is 4.74 Å². The number of hydrogen-bond donors (Lipinski definition) is 1. The molecule has 2 rings (SSSR count). The number of hydrogen-bond acceptors (Lipinski definition) is 3. The maximum absolute atomic E-state index is 13.1. The summed E-state index contributed by atoms with van der Waals surface area (Å²) in [6.07, 6.45) is 0.870. The van der Waals surface area contributed by atoms with E-state index in [0.29, 0.717) is 24.4 Å². The fourth-order valence-corrected chi connectivity index (χ4v) is 2.85. The van der Waals surface area contributed by atoms with Crippen molar-refractivity contribution in [3.05, 3.63) is 35.4 Å². The average molecular weight is 299 g/mol. The Bertz CT molecular complexity index is 449. The number of aliphatic hydroxyl groups is 1. The van der Waals surface area contributed by atoms with Crippen LogP contribution in [-0.4, -0.2) is 42.9 Å². The summed E-state index contributed by atoms with van der Waals surface area (Å²) in [5.74, 6) is -0.779. The lowest BCUT2D eigenvalue weighted by atomic mass is 9.95. The number of halogens is 2. The van der Waals surface area contributed by atoms with Crippen LogP contribution < -0.4 is 0 Å². The molecule has 3 atom stereocenters. The molecule has 1 heterocycles. The Morgan fingerprint density at radius 1 is 1.33 bits per heavy atom. The van der Waals surface area contributed by atoms with E-state index < -0.39 is 17.7 Å². The van der Waals surface area contributed by atoms with Gasteiger partial charge in [0.2, 0.25) is 0 Å². The van der Waals surface area contributed by atoms with Gasteiger partial charge in [-0.1, -0.05) is 6.92 Å². The minimum atomic E-state index is -0.851. The molecule has 118 valence electrons. The lowest BCUT2D eigenvalue weighted by molar-refractivity contribution is -0.00869. The van der Waals surface area contributed by atoms with Crippen molar-refractivity contribution in [3.8, 4) is 0 Å². The number of rotatable bonds is 5. The van der Waals surface area contributed by atoms with Crippen molar-refractivity contribution in [1.29, 1.82) is 0 Å². The van der Waals surface area contributed by atoms with Crippen molar-refractivity contribution in [3.63, 3.8) is 0 Å². The third kappa shape index (κ3) is 4.46. The maximum atomic E-state index is 13.1. The van der Waals surface area contributed by atoms with E-state index in [4.69, 9.17) is 4.74 Å². The summed E-state index contributed by atoms with van der Waals surface area (Å²) < 4.78 is 31.7. The summed E-state index contributed by atoms with van der Waals surface area (Å²) in [7, 11) is 1.72. The van der Waals surface area contributed by atoms with Crippen LogP contribution in [0, 0.1) is 17.6 Å². The Hall–Kier alpha value is -1.04. The fraction of sp³-hybridized carbons (Fsp3) is 0.625. The lowest BCUT2D eigenvalue weighted by Crippen LogP contribution is -2.44. The molecule has 0 spiro atoms. The molecule has 0 aliphatic carbocycles. The molecular formula is C16H23F2NO2. The highest BCUT2D eigenvalue weighted by atomic mass is 19.1. The molecule has 0 aromatic heterocycles. The highest BCUT2D eigenvalue weighted by molar-refractivity contribution is 5.20. The van der Waals surface area contributed by atoms with Gasteiger partial charge in [-0.15, -0.1) is 0 Å². The van der Waals surface area contributed by atoms with Crippen LogP contribution in [0.3, 0.4) is 0 Å². The fourth-order valence-electron chi connectivity index (χ4n) is 2.85. The zero-order chi connectivity index (χ0) is 15.4. The van der Waals surface area contributed by atoms with E-state index in [1.54, 1.807) is 7.11 Å². The summed E-state index contributed by atoms with van der Waals surface area (Å²) in [6.45, 7) is 4.66. The molecule has 1 aromatic carbocycles. The Morgan fingerprint density at radius 3 is 2.62 bits per heavy atom. The van der Waals surface area contributed by atoms with Crippen LogP contribution in [0.4, 0.5) is 8.78 Å². The molecule has 1 aliphatic heterocycles. The van der Waals surface area contributed by atoms with Gasteiger partial charge in [-0.2, -0.15) is 0 Å². The van der Waals surface area contributed by atoms with Crippen LogP contribution >= 0.6 is 0 Å². The van der Waals surface area contributed by atoms with Crippen molar-refractivity contribution in [2.24, 2.45) is 5.92 Å². The number of nitrogens with zero attached hydrogens (tertiary/aromatic N) is 1. The van der Waals surface area contributed by atoms with E-state index >= 15 is 0 Å². The minimum absolute atomic E-state index is 0.211. The van der Waals surface area contributed by atoms with E-state index in [0.717, 1.165) is 25.6 Å². The standard InChI is InChI=1S/C16H23F2NO2/c1-11-3-5-19(10-16(11)21-2)6-4-15(20)12-7-13(17)9-14(18)8-12/h7-9,11,15-16,20H,3-6,10H2,1-2H3. The number of ether oxygens (including phenoxy) is 1. The van der Waals surface area contributed by atoms with Crippen LogP contribution in [0.15, 0.2) is 18.2 Å². The predicted octanol–water partition coefficient (Wildman–Crippen LogP) is 2.75. The second kappa shape index (κ2) is 7.29. The Balaban J connectivity index is 1.87. The summed E-state index contributed by atoms with van der Waals surface area (Å²) in [5.41, 5.74) is 0.293. The van der Waals surface area contributed by atoms with Crippen LogP contribution in [0.25, 0.3) is 0 Å². The third-order valence-corrected chi connectivity index (χ3v) is 4.26. The molecule has 1 N–H and O–H groups in total. The summed E-state index contributed by atoms with van der Waals surface area (Å²) in [5, 5.41) is 10.1. The molecule has 0 radical (unpaired) electrons. The monoisotopic (exact) mass is 299 g/mol. The van der Waals surface area contributed by atoms with Gasteiger partial charge in [0.05, 0.1) is 12.2 Å². The van der Waals surface area contributed by atoms with E-state index in [1.807, 2.05) is 0 Å².